The molecule has 0 saturated carbocycles. The molecule has 0 aromatic heterocycles. The molecule has 0 bridgehead atoms. The summed E-state index contributed by atoms with van der Waals surface area (Å²) in [4.78, 5) is 0. The van der Waals surface area contributed by atoms with Crippen LogP contribution < -0.4 is 26.8 Å². The number of halogens is 2. The zero-order valence-electron chi connectivity index (χ0n) is 8.83. The third-order valence-electron chi connectivity index (χ3n) is 2.54. The Morgan fingerprint density at radius 2 is 1.72 bits per heavy atom. The lowest BCUT2D eigenvalue weighted by Gasteiger charge is -1.97. The van der Waals surface area contributed by atoms with Crippen molar-refractivity contribution in [3.8, 4) is 0 Å². The maximum atomic E-state index is 7.95. The average Bonchev–Trinajstić information content (AvgIpc) is 2.34. The summed E-state index contributed by atoms with van der Waals surface area (Å²) in [7, 11) is 0. The Hall–Kier alpha value is -0.440. The van der Waals surface area contributed by atoms with Crippen LogP contribution in [0.15, 0.2) is 29.9 Å². The second kappa shape index (κ2) is 5.28. The molecule has 0 unspecified atom stereocenters. The van der Waals surface area contributed by atoms with Crippen LogP contribution in [0.4, 0.5) is 0 Å². The highest BCUT2D eigenvalue weighted by molar-refractivity contribution is 9.10. The number of nitrogens with two attached hydrogens (primary N) is 1. The van der Waals surface area contributed by atoms with Crippen LogP contribution in [0.25, 0.3) is 0 Å². The first-order valence-corrected chi connectivity index (χ1v) is 7.13. The van der Waals surface area contributed by atoms with Crippen LogP contribution in [-0.2, 0) is 12.8 Å². The second-order valence-corrected chi connectivity index (χ2v) is 5.64. The molecular weight excluding hydrogens is 400 g/mol. The first kappa shape index (κ1) is 14.0. The normalized spacial score (nSPS) is 13.6. The zero-order chi connectivity index (χ0) is 13.4. The van der Waals surface area contributed by atoms with Gasteiger partial charge in [-0.15, -0.1) is 0 Å². The van der Waals surface area contributed by atoms with Crippen molar-refractivity contribution in [2.45, 2.75) is 0 Å². The molecule has 0 atom stereocenters. The van der Waals surface area contributed by atoms with Crippen LogP contribution in [0.1, 0.15) is 0 Å². The van der Waals surface area contributed by atoms with Crippen molar-refractivity contribution < 1.29 is 5.41 Å². The van der Waals surface area contributed by atoms with E-state index in [0.717, 1.165) is 10.4 Å². The van der Waals surface area contributed by atoms with E-state index in [0.29, 0.717) is 25.0 Å². The van der Waals surface area contributed by atoms with Crippen molar-refractivity contribution >= 4 is 57.5 Å². The summed E-state index contributed by atoms with van der Waals surface area (Å²) in [6, 6.07) is 3.60. The molecule has 18 heavy (non-hydrogen) atoms. The smallest absolute Gasteiger partial charge is 0.242 e. The maximum Gasteiger partial charge on any atom is 0.242 e. The second-order valence-electron chi connectivity index (χ2n) is 3.51. The van der Waals surface area contributed by atoms with Crippen LogP contribution in [0.5, 0.6) is 0 Å². The van der Waals surface area contributed by atoms with Gasteiger partial charge in [-0.25, -0.2) is 4.40 Å². The summed E-state index contributed by atoms with van der Waals surface area (Å²) in [6.07, 6.45) is 0. The van der Waals surface area contributed by atoms with Crippen LogP contribution >= 0.6 is 44.7 Å². The molecular formula is C10H8Br2N4S2+2. The molecule has 0 aromatic carbocycles. The first-order valence-electron chi connectivity index (χ1n) is 4.69. The number of nitrogens with one attached hydrogen (secondary N) is 1. The number of hydrogen-bond donors (Lipinski definition) is 3. The molecule has 2 rings (SSSR count). The third kappa shape index (κ3) is 2.11. The molecule has 92 valence electrons. The molecule has 0 radical (unpaired) electrons. The number of thiol groups is 1. The molecule has 8 heteroatoms. The fourth-order valence-corrected chi connectivity index (χ4v) is 2.96. The molecule has 4 nitrogen and oxygen atoms in total. The van der Waals surface area contributed by atoms with Crippen molar-refractivity contribution in [1.29, 1.82) is 5.41 Å². The lowest BCUT2D eigenvalue weighted by Crippen LogP contribution is -2.55. The summed E-state index contributed by atoms with van der Waals surface area (Å²) < 4.78 is 9.18. The van der Waals surface area contributed by atoms with Gasteiger partial charge in [-0.3, -0.25) is 10.8 Å². The van der Waals surface area contributed by atoms with E-state index in [2.05, 4.69) is 66.3 Å². The Kier molecular flexibility index (Phi) is 4.10. The fourth-order valence-electron chi connectivity index (χ4n) is 1.68. The summed E-state index contributed by atoms with van der Waals surface area (Å²) in [5, 5.41) is 17.3. The van der Waals surface area contributed by atoms with E-state index >= 15 is 0 Å². The number of rotatable bonds is 0. The van der Waals surface area contributed by atoms with Gasteiger partial charge >= 0.3 is 0 Å². The van der Waals surface area contributed by atoms with Crippen molar-refractivity contribution in [2.24, 2.45) is 8.80 Å². The molecule has 2 aliphatic rings. The predicted octanol–water partition coefficient (Wildman–Crippen LogP) is -1.48. The van der Waals surface area contributed by atoms with Gasteiger partial charge in [0.15, 0.2) is 5.36 Å². The molecule has 0 aliphatic heterocycles. The van der Waals surface area contributed by atoms with Gasteiger partial charge < -0.3 is 0 Å². The molecule has 3 N–H and O–H groups in total. The van der Waals surface area contributed by atoms with Gasteiger partial charge in [0, 0.05) is 14.9 Å². The topological polar surface area (TPSA) is 74.2 Å². The monoisotopic (exact) mass is 406 g/mol. The summed E-state index contributed by atoms with van der Waals surface area (Å²) >= 11 is 13.7. The van der Waals surface area contributed by atoms with Gasteiger partial charge in [0.1, 0.15) is 5.36 Å². The maximum absolute atomic E-state index is 7.95. The summed E-state index contributed by atoms with van der Waals surface area (Å²) in [5.41, 5.74) is 0. The first-order chi connectivity index (χ1) is 8.51. The van der Waals surface area contributed by atoms with E-state index in [1.54, 1.807) is 6.07 Å². The quantitative estimate of drug-likeness (QED) is 0.352. The Morgan fingerprint density at radius 3 is 2.28 bits per heavy atom. The molecule has 0 amide bonds. The average molecular weight is 408 g/mol. The van der Waals surface area contributed by atoms with Crippen molar-refractivity contribution in [1.82, 2.24) is 0 Å². The standard InChI is InChI=1S/C10H6Br2N4S2/c11-5-1-3-4(10(16-18)7(5)13)2-6(12)8(14)9(3)15-17/h1-2,13-14,17-18H/p+2/b13-7?,14-8?,15-9-,16-10-. The summed E-state index contributed by atoms with van der Waals surface area (Å²) in [6.45, 7) is 0. The van der Waals surface area contributed by atoms with Gasteiger partial charge in [0.05, 0.1) is 22.6 Å². The highest BCUT2D eigenvalue weighted by atomic mass is 79.9. The minimum Gasteiger partial charge on any atom is -0.297 e. The Labute approximate surface area is 129 Å². The molecule has 0 spiro atoms. The van der Waals surface area contributed by atoms with Gasteiger partial charge in [0.25, 0.3) is 0 Å². The molecule has 2 aliphatic carbocycles. The van der Waals surface area contributed by atoms with Crippen molar-refractivity contribution in [3.63, 3.8) is 0 Å². The van der Waals surface area contributed by atoms with Gasteiger partial charge in [-0.1, -0.05) is 4.40 Å². The van der Waals surface area contributed by atoms with Crippen LogP contribution in [-0.4, -0.2) is 0 Å². The van der Waals surface area contributed by atoms with Crippen molar-refractivity contribution in [3.05, 3.63) is 52.9 Å². The van der Waals surface area contributed by atoms with Gasteiger partial charge in [0.2, 0.25) is 5.36 Å². The number of nitrogens with zero attached hydrogens (tertiary/aromatic N) is 2. The lowest BCUT2D eigenvalue weighted by molar-refractivity contribution is -0.175. The zero-order valence-corrected chi connectivity index (χ0v) is 13.9. The summed E-state index contributed by atoms with van der Waals surface area (Å²) in [5.74, 6) is 0. The van der Waals surface area contributed by atoms with Crippen LogP contribution in [0.3, 0.4) is 0 Å². The van der Waals surface area contributed by atoms with E-state index in [4.69, 9.17) is 10.8 Å². The van der Waals surface area contributed by atoms with Crippen LogP contribution in [0, 0.1) is 15.8 Å². The highest BCUT2D eigenvalue weighted by Crippen LogP contribution is 2.04. The van der Waals surface area contributed by atoms with E-state index < -0.39 is 0 Å². The van der Waals surface area contributed by atoms with E-state index in [9.17, 15) is 0 Å². The molecule has 0 aromatic rings. The fraction of sp³-hybridized carbons (Fsp3) is 0. The minimum atomic E-state index is 0.272. The van der Waals surface area contributed by atoms with Crippen molar-refractivity contribution in [2.75, 3.05) is 0 Å². The van der Waals surface area contributed by atoms with E-state index in [1.165, 1.54) is 0 Å². The molecule has 0 saturated heterocycles. The number of hydrogen-bond acceptors (Lipinski definition) is 4. The molecule has 0 fully saturated rings. The Bertz CT molecular complexity index is 837. The highest BCUT2D eigenvalue weighted by Gasteiger charge is 2.08. The predicted molar refractivity (Wildman–Crippen MR) is 80.7 cm³/mol. The molecule has 0 heterocycles. The largest absolute Gasteiger partial charge is 0.297 e. The van der Waals surface area contributed by atoms with Crippen LogP contribution in [0.2, 0.25) is 0 Å². The van der Waals surface area contributed by atoms with E-state index in [1.807, 2.05) is 6.07 Å². The van der Waals surface area contributed by atoms with E-state index in [-0.39, 0.29) is 5.36 Å². The Balaban J connectivity index is 3.45. The SMILES string of the molecule is N=c1c(Br)cc2c(=N/[SH2+])/c(=[NH2+])c(Br)cc=2/c1=N/S. The lowest BCUT2D eigenvalue weighted by atomic mass is 10.1. The van der Waals surface area contributed by atoms with Gasteiger partial charge in [-0.05, 0) is 56.8 Å². The minimum absolute atomic E-state index is 0.272. The Morgan fingerprint density at radius 1 is 1.17 bits per heavy atom. The van der Waals surface area contributed by atoms with Gasteiger partial charge in [-0.2, -0.15) is 0 Å². The third-order valence-corrected chi connectivity index (χ3v) is 4.25.